The zero-order chi connectivity index (χ0) is 8.70. The van der Waals surface area contributed by atoms with Gasteiger partial charge in [0.25, 0.3) is 0 Å². The molecule has 1 fully saturated rings. The van der Waals surface area contributed by atoms with Gasteiger partial charge in [-0.3, -0.25) is 4.99 Å². The van der Waals surface area contributed by atoms with E-state index in [1.165, 1.54) is 0 Å². The molecule has 0 heterocycles. The van der Waals surface area contributed by atoms with Gasteiger partial charge in [0.1, 0.15) is 0 Å². The molecule has 11 heavy (non-hydrogen) atoms. The molecule has 0 saturated heterocycles. The van der Waals surface area contributed by atoms with Crippen LogP contribution in [-0.2, 0) is 0 Å². The predicted molar refractivity (Wildman–Crippen MR) is 50.0 cm³/mol. The molecule has 2 atom stereocenters. The third-order valence-electron chi connectivity index (χ3n) is 3.07. The van der Waals surface area contributed by atoms with Crippen molar-refractivity contribution in [1.82, 2.24) is 0 Å². The van der Waals surface area contributed by atoms with Crippen molar-refractivity contribution in [1.29, 1.82) is 0 Å². The molecule has 1 aliphatic rings. The zero-order valence-corrected chi connectivity index (χ0v) is 7.35. The van der Waals surface area contributed by atoms with Gasteiger partial charge in [-0.25, -0.2) is 0 Å². The number of aliphatic imine (C=N–C) groups is 1. The van der Waals surface area contributed by atoms with Crippen LogP contribution >= 0.6 is 0 Å². The molecule has 1 saturated carbocycles. The van der Waals surface area contributed by atoms with Crippen molar-refractivity contribution >= 4 is 6.72 Å². The Bertz CT molecular complexity index is 229. The van der Waals surface area contributed by atoms with Crippen LogP contribution < -0.4 is 0 Å². The second kappa shape index (κ2) is 2.07. The normalized spacial score (nSPS) is 41.3. The summed E-state index contributed by atoms with van der Waals surface area (Å²) >= 11 is 0. The van der Waals surface area contributed by atoms with E-state index in [-0.39, 0.29) is 11.0 Å². The van der Waals surface area contributed by atoms with Crippen molar-refractivity contribution in [3.05, 3.63) is 24.8 Å². The SMILES string of the molecule is C=CC(=C)C1(C)CC1(C)N=C. The van der Waals surface area contributed by atoms with E-state index in [1.54, 1.807) is 0 Å². The highest BCUT2D eigenvalue weighted by atomic mass is 15.0. The number of rotatable bonds is 3. The van der Waals surface area contributed by atoms with Gasteiger partial charge in [-0.05, 0) is 25.6 Å². The molecule has 0 aliphatic heterocycles. The standard InChI is InChI=1S/C10H15N/c1-6-8(2)9(3)7-10(9,4)11-5/h6H,1-2,5,7H2,3-4H3. The summed E-state index contributed by atoms with van der Waals surface area (Å²) in [6.45, 7) is 15.5. The van der Waals surface area contributed by atoms with Gasteiger partial charge < -0.3 is 0 Å². The van der Waals surface area contributed by atoms with E-state index >= 15 is 0 Å². The van der Waals surface area contributed by atoms with Crippen LogP contribution in [0.1, 0.15) is 20.3 Å². The summed E-state index contributed by atoms with van der Waals surface area (Å²) in [5.74, 6) is 0. The highest BCUT2D eigenvalue weighted by Crippen LogP contribution is 2.62. The summed E-state index contributed by atoms with van der Waals surface area (Å²) in [5.41, 5.74) is 1.21. The molecule has 0 radical (unpaired) electrons. The van der Waals surface area contributed by atoms with E-state index in [1.807, 2.05) is 6.08 Å². The molecular weight excluding hydrogens is 134 g/mol. The first-order chi connectivity index (χ1) is 5.00. The van der Waals surface area contributed by atoms with Gasteiger partial charge in [0, 0.05) is 5.41 Å². The molecule has 1 aliphatic carbocycles. The van der Waals surface area contributed by atoms with Crippen LogP contribution in [0, 0.1) is 5.41 Å². The molecule has 0 N–H and O–H groups in total. The van der Waals surface area contributed by atoms with Crippen molar-refractivity contribution in [2.45, 2.75) is 25.8 Å². The molecule has 60 valence electrons. The smallest absolute Gasteiger partial charge is 0.0676 e. The summed E-state index contributed by atoms with van der Waals surface area (Å²) in [5, 5.41) is 0. The lowest BCUT2D eigenvalue weighted by molar-refractivity contribution is 0.568. The Kier molecular flexibility index (Phi) is 1.55. The summed E-state index contributed by atoms with van der Waals surface area (Å²) in [7, 11) is 0. The second-order valence-electron chi connectivity index (χ2n) is 3.67. The van der Waals surface area contributed by atoms with E-state index in [4.69, 9.17) is 0 Å². The minimum absolute atomic E-state index is 0.0122. The van der Waals surface area contributed by atoms with Gasteiger partial charge in [0.15, 0.2) is 0 Å². The van der Waals surface area contributed by atoms with Crippen molar-refractivity contribution in [2.75, 3.05) is 0 Å². The van der Waals surface area contributed by atoms with E-state index in [2.05, 4.69) is 38.7 Å². The van der Waals surface area contributed by atoms with Crippen LogP contribution in [0.25, 0.3) is 0 Å². The van der Waals surface area contributed by atoms with Crippen molar-refractivity contribution in [3.63, 3.8) is 0 Å². The molecule has 1 heteroatoms. The highest BCUT2D eigenvalue weighted by Gasteiger charge is 2.61. The molecule has 0 aromatic rings. The van der Waals surface area contributed by atoms with Gasteiger partial charge in [-0.1, -0.05) is 26.2 Å². The van der Waals surface area contributed by atoms with Gasteiger partial charge >= 0.3 is 0 Å². The van der Waals surface area contributed by atoms with Crippen LogP contribution in [0.2, 0.25) is 0 Å². The van der Waals surface area contributed by atoms with E-state index < -0.39 is 0 Å². The van der Waals surface area contributed by atoms with E-state index in [9.17, 15) is 0 Å². The average molecular weight is 149 g/mol. The molecule has 0 bridgehead atoms. The Balaban J connectivity index is 2.84. The van der Waals surface area contributed by atoms with Gasteiger partial charge in [-0.15, -0.1) is 0 Å². The van der Waals surface area contributed by atoms with Crippen LogP contribution in [0.5, 0.6) is 0 Å². The lowest BCUT2D eigenvalue weighted by atomic mass is 9.94. The van der Waals surface area contributed by atoms with Gasteiger partial charge in [0.2, 0.25) is 0 Å². The fraction of sp³-hybridized carbons (Fsp3) is 0.500. The molecule has 0 amide bonds. The maximum Gasteiger partial charge on any atom is 0.0676 e. The second-order valence-corrected chi connectivity index (χ2v) is 3.67. The zero-order valence-electron chi connectivity index (χ0n) is 7.35. The Morgan fingerprint density at radius 2 is 2.09 bits per heavy atom. The monoisotopic (exact) mass is 149 g/mol. The largest absolute Gasteiger partial charge is 0.294 e. The van der Waals surface area contributed by atoms with Crippen LogP contribution in [-0.4, -0.2) is 12.3 Å². The molecule has 0 spiro atoms. The fourth-order valence-electron chi connectivity index (χ4n) is 1.56. The number of nitrogens with zero attached hydrogens (tertiary/aromatic N) is 1. The highest BCUT2D eigenvalue weighted by molar-refractivity contribution is 5.41. The van der Waals surface area contributed by atoms with Gasteiger partial charge in [-0.2, -0.15) is 0 Å². The Labute approximate surface area is 68.5 Å². The predicted octanol–water partition coefficient (Wildman–Crippen LogP) is 2.60. The summed E-state index contributed by atoms with van der Waals surface area (Å²) < 4.78 is 0. The van der Waals surface area contributed by atoms with E-state index in [0.29, 0.717) is 0 Å². The Morgan fingerprint density at radius 3 is 2.36 bits per heavy atom. The lowest BCUT2D eigenvalue weighted by Gasteiger charge is -2.14. The first kappa shape index (κ1) is 8.25. The Hall–Kier alpha value is -0.850. The maximum absolute atomic E-state index is 4.10. The first-order valence-electron chi connectivity index (χ1n) is 3.80. The molecular formula is C10H15N. The molecule has 1 rings (SSSR count). The van der Waals surface area contributed by atoms with Gasteiger partial charge in [0.05, 0.1) is 5.54 Å². The van der Waals surface area contributed by atoms with E-state index in [0.717, 1.165) is 12.0 Å². The third kappa shape index (κ3) is 0.873. The molecule has 0 aromatic carbocycles. The number of allylic oxidation sites excluding steroid dienone is 1. The average Bonchev–Trinajstić information content (AvgIpc) is 2.56. The minimum Gasteiger partial charge on any atom is -0.294 e. The minimum atomic E-state index is 0.0122. The van der Waals surface area contributed by atoms with Crippen molar-refractivity contribution in [3.8, 4) is 0 Å². The van der Waals surface area contributed by atoms with Crippen molar-refractivity contribution in [2.24, 2.45) is 10.4 Å². The van der Waals surface area contributed by atoms with Crippen molar-refractivity contribution < 1.29 is 0 Å². The van der Waals surface area contributed by atoms with Crippen LogP contribution in [0.15, 0.2) is 29.8 Å². The topological polar surface area (TPSA) is 12.4 Å². The first-order valence-corrected chi connectivity index (χ1v) is 3.80. The number of hydrogen-bond acceptors (Lipinski definition) is 1. The summed E-state index contributed by atoms with van der Waals surface area (Å²) in [6, 6.07) is 0. The molecule has 2 unspecified atom stereocenters. The summed E-state index contributed by atoms with van der Waals surface area (Å²) in [4.78, 5) is 4.10. The number of hydrogen-bond donors (Lipinski definition) is 0. The van der Waals surface area contributed by atoms with Crippen LogP contribution in [0.4, 0.5) is 0 Å². The summed E-state index contributed by atoms with van der Waals surface area (Å²) in [6.07, 6.45) is 2.87. The lowest BCUT2D eigenvalue weighted by Crippen LogP contribution is -2.11. The van der Waals surface area contributed by atoms with Crippen LogP contribution in [0.3, 0.4) is 0 Å². The molecule has 0 aromatic heterocycles. The third-order valence-corrected chi connectivity index (χ3v) is 3.07. The fourth-order valence-corrected chi connectivity index (χ4v) is 1.56. The molecule has 1 nitrogen and oxygen atoms in total. The maximum atomic E-state index is 4.10. The Morgan fingerprint density at radius 1 is 1.55 bits per heavy atom. The quantitative estimate of drug-likeness (QED) is 0.432.